The topological polar surface area (TPSA) is 32.3 Å². The SMILES string of the molecule is CCC(C)CC(C)N1C(=O)C(CC)NC1c1ccc(C)s1. The van der Waals surface area contributed by atoms with Gasteiger partial charge < -0.3 is 4.90 Å². The summed E-state index contributed by atoms with van der Waals surface area (Å²) in [5.74, 6) is 0.920. The number of carbonyl (C=O) groups is 1. The van der Waals surface area contributed by atoms with Gasteiger partial charge in [-0.3, -0.25) is 10.1 Å². The summed E-state index contributed by atoms with van der Waals surface area (Å²) in [4.78, 5) is 17.4. The maximum absolute atomic E-state index is 12.7. The van der Waals surface area contributed by atoms with E-state index < -0.39 is 0 Å². The van der Waals surface area contributed by atoms with Crippen molar-refractivity contribution in [3.63, 3.8) is 0 Å². The van der Waals surface area contributed by atoms with Gasteiger partial charge in [0.2, 0.25) is 5.91 Å². The first-order chi connectivity index (χ1) is 9.97. The molecule has 3 nitrogen and oxygen atoms in total. The lowest BCUT2D eigenvalue weighted by Gasteiger charge is -2.31. The summed E-state index contributed by atoms with van der Waals surface area (Å²) in [7, 11) is 0. The predicted molar refractivity (Wildman–Crippen MR) is 89.4 cm³/mol. The van der Waals surface area contributed by atoms with Crippen LogP contribution in [0.3, 0.4) is 0 Å². The lowest BCUT2D eigenvalue weighted by atomic mass is 9.99. The largest absolute Gasteiger partial charge is 0.318 e. The molecule has 2 heterocycles. The van der Waals surface area contributed by atoms with E-state index >= 15 is 0 Å². The van der Waals surface area contributed by atoms with Crippen LogP contribution in [-0.2, 0) is 4.79 Å². The van der Waals surface area contributed by atoms with Crippen LogP contribution in [-0.4, -0.2) is 22.9 Å². The summed E-state index contributed by atoms with van der Waals surface area (Å²) < 4.78 is 0. The normalized spacial score (nSPS) is 25.4. The third-order valence-corrected chi connectivity index (χ3v) is 5.60. The van der Waals surface area contributed by atoms with Crippen molar-refractivity contribution in [3.05, 3.63) is 21.9 Å². The molecule has 1 aromatic heterocycles. The highest BCUT2D eigenvalue weighted by atomic mass is 32.1. The molecule has 21 heavy (non-hydrogen) atoms. The van der Waals surface area contributed by atoms with Crippen LogP contribution in [0.1, 0.15) is 62.9 Å². The molecule has 0 aromatic carbocycles. The van der Waals surface area contributed by atoms with E-state index in [-0.39, 0.29) is 24.2 Å². The van der Waals surface area contributed by atoms with E-state index in [4.69, 9.17) is 0 Å². The zero-order chi connectivity index (χ0) is 15.6. The molecule has 1 aromatic rings. The molecule has 0 spiro atoms. The van der Waals surface area contributed by atoms with Crippen LogP contribution in [0.25, 0.3) is 0 Å². The number of hydrogen-bond donors (Lipinski definition) is 1. The van der Waals surface area contributed by atoms with Crippen LogP contribution in [0.2, 0.25) is 0 Å². The maximum atomic E-state index is 12.7. The van der Waals surface area contributed by atoms with Crippen LogP contribution in [0.15, 0.2) is 12.1 Å². The van der Waals surface area contributed by atoms with Crippen LogP contribution < -0.4 is 5.32 Å². The maximum Gasteiger partial charge on any atom is 0.241 e. The molecule has 1 N–H and O–H groups in total. The van der Waals surface area contributed by atoms with Gasteiger partial charge in [0.25, 0.3) is 0 Å². The number of amides is 1. The number of nitrogens with one attached hydrogen (secondary N) is 1. The standard InChI is InChI=1S/C17H28N2OS/c1-6-11(3)10-12(4)19-16(15-9-8-13(5)21-15)18-14(7-2)17(19)20/h8-9,11-12,14,16,18H,6-7,10H2,1-5H3. The zero-order valence-electron chi connectivity index (χ0n) is 13.8. The van der Waals surface area contributed by atoms with Gasteiger partial charge in [0.1, 0.15) is 6.17 Å². The fourth-order valence-electron chi connectivity index (χ4n) is 3.10. The molecular weight excluding hydrogens is 280 g/mol. The minimum Gasteiger partial charge on any atom is -0.318 e. The van der Waals surface area contributed by atoms with Crippen molar-refractivity contribution in [2.24, 2.45) is 5.92 Å². The Hall–Kier alpha value is -0.870. The molecule has 1 aliphatic rings. The first kappa shape index (κ1) is 16.5. The second-order valence-corrected chi connectivity index (χ2v) is 7.64. The highest BCUT2D eigenvalue weighted by Gasteiger charge is 2.41. The molecule has 1 amide bonds. The van der Waals surface area contributed by atoms with Crippen molar-refractivity contribution in [2.45, 2.75) is 72.1 Å². The molecule has 0 aliphatic carbocycles. The van der Waals surface area contributed by atoms with E-state index in [1.165, 1.54) is 16.2 Å². The van der Waals surface area contributed by atoms with E-state index in [9.17, 15) is 4.79 Å². The molecule has 0 saturated carbocycles. The molecule has 0 radical (unpaired) electrons. The van der Waals surface area contributed by atoms with E-state index in [1.54, 1.807) is 11.3 Å². The number of rotatable bonds is 6. The highest BCUT2D eigenvalue weighted by Crippen LogP contribution is 2.34. The first-order valence-electron chi connectivity index (χ1n) is 8.12. The van der Waals surface area contributed by atoms with Crippen LogP contribution >= 0.6 is 11.3 Å². The Balaban J connectivity index is 2.22. The van der Waals surface area contributed by atoms with Crippen molar-refractivity contribution < 1.29 is 4.79 Å². The average molecular weight is 308 g/mol. The van der Waals surface area contributed by atoms with E-state index in [1.807, 2.05) is 0 Å². The average Bonchev–Trinajstić information content (AvgIpc) is 3.01. The van der Waals surface area contributed by atoms with Gasteiger partial charge in [0, 0.05) is 15.8 Å². The molecule has 4 unspecified atom stereocenters. The fourth-order valence-corrected chi connectivity index (χ4v) is 4.03. The molecule has 0 bridgehead atoms. The smallest absolute Gasteiger partial charge is 0.241 e. The van der Waals surface area contributed by atoms with Crippen molar-refractivity contribution in [1.29, 1.82) is 0 Å². The number of aryl methyl sites for hydroxylation is 1. The number of thiophene rings is 1. The molecular formula is C17H28N2OS. The van der Waals surface area contributed by atoms with Gasteiger partial charge in [0.05, 0.1) is 6.04 Å². The summed E-state index contributed by atoms with van der Waals surface area (Å²) in [6, 6.07) is 4.55. The molecule has 1 fully saturated rings. The fraction of sp³-hybridized carbons (Fsp3) is 0.706. The van der Waals surface area contributed by atoms with Gasteiger partial charge in [-0.05, 0) is 44.7 Å². The second kappa shape index (κ2) is 6.93. The molecule has 1 saturated heterocycles. The quantitative estimate of drug-likeness (QED) is 0.858. The summed E-state index contributed by atoms with van der Waals surface area (Å²) in [5, 5.41) is 3.53. The summed E-state index contributed by atoms with van der Waals surface area (Å²) in [5.41, 5.74) is 0. The third kappa shape index (κ3) is 3.49. The Morgan fingerprint density at radius 1 is 1.33 bits per heavy atom. The van der Waals surface area contributed by atoms with E-state index in [0.29, 0.717) is 5.92 Å². The predicted octanol–water partition coefficient (Wildman–Crippen LogP) is 4.09. The minimum absolute atomic E-state index is 0.0308. The third-order valence-electron chi connectivity index (χ3n) is 4.54. The second-order valence-electron chi connectivity index (χ2n) is 6.32. The first-order valence-corrected chi connectivity index (χ1v) is 8.94. The molecule has 4 heteroatoms. The van der Waals surface area contributed by atoms with Crippen LogP contribution in [0.5, 0.6) is 0 Å². The van der Waals surface area contributed by atoms with Crippen LogP contribution in [0.4, 0.5) is 0 Å². The Labute approximate surface area is 132 Å². The summed E-state index contributed by atoms with van der Waals surface area (Å²) in [6.07, 6.45) is 3.15. The zero-order valence-corrected chi connectivity index (χ0v) is 14.7. The van der Waals surface area contributed by atoms with E-state index in [0.717, 1.165) is 12.8 Å². The van der Waals surface area contributed by atoms with Gasteiger partial charge in [-0.2, -0.15) is 0 Å². The Kier molecular flexibility index (Phi) is 5.44. The van der Waals surface area contributed by atoms with Gasteiger partial charge in [-0.15, -0.1) is 11.3 Å². The number of carbonyl (C=O) groups excluding carboxylic acids is 1. The molecule has 1 aliphatic heterocycles. The van der Waals surface area contributed by atoms with Gasteiger partial charge in [-0.1, -0.05) is 27.2 Å². The Morgan fingerprint density at radius 3 is 2.57 bits per heavy atom. The summed E-state index contributed by atoms with van der Waals surface area (Å²) in [6.45, 7) is 10.9. The van der Waals surface area contributed by atoms with Crippen molar-refractivity contribution in [2.75, 3.05) is 0 Å². The lowest BCUT2D eigenvalue weighted by Crippen LogP contribution is -2.39. The van der Waals surface area contributed by atoms with Crippen LogP contribution in [0, 0.1) is 12.8 Å². The van der Waals surface area contributed by atoms with Crippen molar-refractivity contribution in [1.82, 2.24) is 10.2 Å². The van der Waals surface area contributed by atoms with Gasteiger partial charge >= 0.3 is 0 Å². The van der Waals surface area contributed by atoms with Gasteiger partial charge in [-0.25, -0.2) is 0 Å². The van der Waals surface area contributed by atoms with Crippen molar-refractivity contribution in [3.8, 4) is 0 Å². The van der Waals surface area contributed by atoms with E-state index in [2.05, 4.69) is 57.0 Å². The van der Waals surface area contributed by atoms with Gasteiger partial charge in [0.15, 0.2) is 0 Å². The number of nitrogens with zero attached hydrogens (tertiary/aromatic N) is 1. The molecule has 4 atom stereocenters. The van der Waals surface area contributed by atoms with Crippen molar-refractivity contribution >= 4 is 17.2 Å². The number of hydrogen-bond acceptors (Lipinski definition) is 3. The molecule has 2 rings (SSSR count). The summed E-state index contributed by atoms with van der Waals surface area (Å²) >= 11 is 1.79. The Morgan fingerprint density at radius 2 is 2.05 bits per heavy atom. The Bertz CT molecular complexity index is 485. The molecule has 118 valence electrons. The monoisotopic (exact) mass is 308 g/mol. The highest BCUT2D eigenvalue weighted by molar-refractivity contribution is 7.12. The minimum atomic E-state index is -0.0308. The lowest BCUT2D eigenvalue weighted by molar-refractivity contribution is -0.132.